The molecule has 2 heterocycles. The van der Waals surface area contributed by atoms with Crippen LogP contribution in [0.2, 0.25) is 0 Å². The largest absolute Gasteiger partial charge is 0.313 e. The molecule has 1 aromatic heterocycles. The molecule has 1 atom stereocenters. The summed E-state index contributed by atoms with van der Waals surface area (Å²) in [5.41, 5.74) is 0.642. The van der Waals surface area contributed by atoms with Gasteiger partial charge in [-0.2, -0.15) is 9.40 Å². The van der Waals surface area contributed by atoms with E-state index in [2.05, 4.69) is 10.4 Å². The molecular formula is C15H20ClFN4O2S. The van der Waals surface area contributed by atoms with Crippen molar-refractivity contribution in [3.63, 3.8) is 0 Å². The van der Waals surface area contributed by atoms with Crippen molar-refractivity contribution >= 4 is 22.4 Å². The van der Waals surface area contributed by atoms with E-state index in [1.807, 2.05) is 6.92 Å². The standard InChI is InChI=1S/C15H19FN4O2S.ClH/c1-2-19-11-14(9-18-19)23(21,22)20-7-6-17-10-15(20)12-4-3-5-13(16)8-12;/h3-5,8-9,11,15,17H,2,6-7,10H2,1H3;1H. The predicted octanol–water partition coefficient (Wildman–Crippen LogP) is 1.80. The lowest BCUT2D eigenvalue weighted by molar-refractivity contribution is 0.271. The van der Waals surface area contributed by atoms with Crippen LogP contribution in [0.4, 0.5) is 4.39 Å². The van der Waals surface area contributed by atoms with Crippen LogP contribution in [0.3, 0.4) is 0 Å². The average Bonchev–Trinajstić information content (AvgIpc) is 3.05. The number of benzene rings is 1. The van der Waals surface area contributed by atoms with Crippen molar-refractivity contribution < 1.29 is 12.8 Å². The molecule has 1 N–H and O–H groups in total. The number of nitrogens with zero attached hydrogens (tertiary/aromatic N) is 3. The van der Waals surface area contributed by atoms with Gasteiger partial charge in [-0.05, 0) is 24.6 Å². The zero-order valence-corrected chi connectivity index (χ0v) is 14.9. The zero-order valence-electron chi connectivity index (χ0n) is 13.2. The lowest BCUT2D eigenvalue weighted by Gasteiger charge is -2.35. The molecule has 1 aromatic carbocycles. The number of hydrogen-bond acceptors (Lipinski definition) is 4. The van der Waals surface area contributed by atoms with E-state index >= 15 is 0 Å². The number of halogens is 2. The van der Waals surface area contributed by atoms with E-state index < -0.39 is 16.1 Å². The third kappa shape index (κ3) is 3.61. The fourth-order valence-corrected chi connectivity index (χ4v) is 4.33. The Balaban J connectivity index is 0.00000208. The van der Waals surface area contributed by atoms with Crippen LogP contribution in [-0.2, 0) is 16.6 Å². The van der Waals surface area contributed by atoms with Crippen molar-refractivity contribution in [1.29, 1.82) is 0 Å². The Bertz CT molecular complexity index is 796. The number of piperazine rings is 1. The van der Waals surface area contributed by atoms with Crippen LogP contribution >= 0.6 is 12.4 Å². The van der Waals surface area contributed by atoms with Gasteiger partial charge < -0.3 is 5.32 Å². The van der Waals surface area contributed by atoms with E-state index in [0.29, 0.717) is 31.7 Å². The first-order chi connectivity index (χ1) is 11.0. The molecule has 1 unspecified atom stereocenters. The van der Waals surface area contributed by atoms with Gasteiger partial charge in [0.1, 0.15) is 10.7 Å². The second-order valence-electron chi connectivity index (χ2n) is 5.42. The van der Waals surface area contributed by atoms with Crippen molar-refractivity contribution in [2.45, 2.75) is 24.4 Å². The summed E-state index contributed by atoms with van der Waals surface area (Å²) in [5.74, 6) is -0.371. The molecular weight excluding hydrogens is 355 g/mol. The first kappa shape index (κ1) is 18.9. The Morgan fingerprint density at radius 2 is 2.21 bits per heavy atom. The van der Waals surface area contributed by atoms with Crippen LogP contribution < -0.4 is 5.32 Å². The van der Waals surface area contributed by atoms with Crippen LogP contribution in [0.5, 0.6) is 0 Å². The van der Waals surface area contributed by atoms with E-state index in [1.54, 1.807) is 16.8 Å². The molecule has 2 aromatic rings. The molecule has 0 aliphatic carbocycles. The Hall–Kier alpha value is -1.48. The lowest BCUT2D eigenvalue weighted by Crippen LogP contribution is -2.48. The molecule has 1 saturated heterocycles. The molecule has 0 spiro atoms. The number of aryl methyl sites for hydroxylation is 1. The van der Waals surface area contributed by atoms with Gasteiger partial charge in [0.2, 0.25) is 10.0 Å². The SMILES string of the molecule is CCn1cc(S(=O)(=O)N2CCNCC2c2cccc(F)c2)cn1.Cl. The minimum Gasteiger partial charge on any atom is -0.313 e. The van der Waals surface area contributed by atoms with Crippen molar-refractivity contribution in [2.75, 3.05) is 19.6 Å². The summed E-state index contributed by atoms with van der Waals surface area (Å²) in [6.45, 7) is 3.84. The highest BCUT2D eigenvalue weighted by Gasteiger charge is 2.35. The van der Waals surface area contributed by atoms with Gasteiger partial charge in [0.25, 0.3) is 0 Å². The molecule has 3 rings (SSSR count). The summed E-state index contributed by atoms with van der Waals surface area (Å²) < 4.78 is 42.4. The molecule has 9 heteroatoms. The maximum Gasteiger partial charge on any atom is 0.246 e. The lowest BCUT2D eigenvalue weighted by atomic mass is 10.1. The van der Waals surface area contributed by atoms with Crippen molar-refractivity contribution in [2.24, 2.45) is 0 Å². The summed E-state index contributed by atoms with van der Waals surface area (Å²) in [5, 5.41) is 7.22. The average molecular weight is 375 g/mol. The first-order valence-electron chi connectivity index (χ1n) is 7.53. The van der Waals surface area contributed by atoms with Gasteiger partial charge in [-0.25, -0.2) is 12.8 Å². The van der Waals surface area contributed by atoms with Gasteiger partial charge in [0.15, 0.2) is 0 Å². The highest BCUT2D eigenvalue weighted by molar-refractivity contribution is 7.89. The van der Waals surface area contributed by atoms with Crippen LogP contribution in [0, 0.1) is 5.82 Å². The number of hydrogen-bond donors (Lipinski definition) is 1. The van der Waals surface area contributed by atoms with Gasteiger partial charge >= 0.3 is 0 Å². The minimum absolute atomic E-state index is 0. The highest BCUT2D eigenvalue weighted by atomic mass is 35.5. The van der Waals surface area contributed by atoms with E-state index in [-0.39, 0.29) is 23.1 Å². The molecule has 1 aliphatic heterocycles. The number of nitrogens with one attached hydrogen (secondary N) is 1. The van der Waals surface area contributed by atoms with Crippen molar-refractivity contribution in [3.05, 3.63) is 48.0 Å². The summed E-state index contributed by atoms with van der Waals surface area (Å²) in [7, 11) is -3.67. The third-order valence-corrected chi connectivity index (χ3v) is 5.83. The Kier molecular flexibility index (Phi) is 5.97. The molecule has 1 fully saturated rings. The highest BCUT2D eigenvalue weighted by Crippen LogP contribution is 2.29. The maximum absolute atomic E-state index is 13.5. The molecule has 0 amide bonds. The maximum atomic E-state index is 13.5. The minimum atomic E-state index is -3.67. The summed E-state index contributed by atoms with van der Waals surface area (Å²) >= 11 is 0. The number of aromatic nitrogens is 2. The molecule has 1 aliphatic rings. The number of rotatable bonds is 4. The van der Waals surface area contributed by atoms with E-state index in [4.69, 9.17) is 0 Å². The summed E-state index contributed by atoms with van der Waals surface area (Å²) in [4.78, 5) is 0.169. The predicted molar refractivity (Wildman–Crippen MR) is 91.1 cm³/mol. The van der Waals surface area contributed by atoms with E-state index in [0.717, 1.165) is 0 Å². The van der Waals surface area contributed by atoms with Crippen LogP contribution in [0.15, 0.2) is 41.6 Å². The molecule has 0 bridgehead atoms. The van der Waals surface area contributed by atoms with Gasteiger partial charge in [-0.1, -0.05) is 12.1 Å². The Labute approximate surface area is 147 Å². The molecule has 0 saturated carbocycles. The Morgan fingerprint density at radius 3 is 2.88 bits per heavy atom. The van der Waals surface area contributed by atoms with Gasteiger partial charge in [0, 0.05) is 32.4 Å². The summed E-state index contributed by atoms with van der Waals surface area (Å²) in [6.07, 6.45) is 2.89. The molecule has 0 radical (unpaired) electrons. The van der Waals surface area contributed by atoms with Gasteiger partial charge in [0.05, 0.1) is 12.2 Å². The van der Waals surface area contributed by atoms with E-state index in [9.17, 15) is 12.8 Å². The van der Waals surface area contributed by atoms with Gasteiger partial charge in [-0.15, -0.1) is 12.4 Å². The monoisotopic (exact) mass is 374 g/mol. The second-order valence-corrected chi connectivity index (χ2v) is 7.31. The van der Waals surface area contributed by atoms with Gasteiger partial charge in [-0.3, -0.25) is 4.68 Å². The normalized spacial score (nSPS) is 19.0. The Morgan fingerprint density at radius 1 is 1.42 bits per heavy atom. The fraction of sp³-hybridized carbons (Fsp3) is 0.400. The molecule has 132 valence electrons. The molecule has 6 nitrogen and oxygen atoms in total. The quantitative estimate of drug-likeness (QED) is 0.886. The third-order valence-electron chi connectivity index (χ3n) is 3.97. The van der Waals surface area contributed by atoms with Crippen LogP contribution in [0.25, 0.3) is 0 Å². The first-order valence-corrected chi connectivity index (χ1v) is 8.97. The molecule has 24 heavy (non-hydrogen) atoms. The fourth-order valence-electron chi connectivity index (χ4n) is 2.76. The summed E-state index contributed by atoms with van der Waals surface area (Å²) in [6, 6.07) is 5.65. The van der Waals surface area contributed by atoms with Crippen molar-refractivity contribution in [3.8, 4) is 0 Å². The second kappa shape index (κ2) is 7.60. The van der Waals surface area contributed by atoms with Crippen molar-refractivity contribution in [1.82, 2.24) is 19.4 Å². The number of sulfonamides is 1. The zero-order chi connectivity index (χ0) is 16.4. The van der Waals surface area contributed by atoms with Crippen LogP contribution in [-0.4, -0.2) is 42.1 Å². The van der Waals surface area contributed by atoms with E-state index in [1.165, 1.54) is 28.8 Å². The topological polar surface area (TPSA) is 67.2 Å². The van der Waals surface area contributed by atoms with Crippen LogP contribution in [0.1, 0.15) is 18.5 Å². The smallest absolute Gasteiger partial charge is 0.246 e.